The third kappa shape index (κ3) is 3.23. The number of anilines is 1. The van der Waals surface area contributed by atoms with Gasteiger partial charge in [0.15, 0.2) is 0 Å². The van der Waals surface area contributed by atoms with Gasteiger partial charge in [-0.15, -0.1) is 0 Å². The van der Waals surface area contributed by atoms with Crippen LogP contribution < -0.4 is 10.6 Å². The van der Waals surface area contributed by atoms with E-state index in [1.54, 1.807) is 24.8 Å². The fraction of sp³-hybridized carbons (Fsp3) is 0.500. The number of rotatable bonds is 5. The molecule has 1 saturated carbocycles. The van der Waals surface area contributed by atoms with Crippen molar-refractivity contribution in [1.82, 2.24) is 10.3 Å². The zero-order valence-electron chi connectivity index (χ0n) is 10.9. The van der Waals surface area contributed by atoms with Crippen molar-refractivity contribution in [1.29, 1.82) is 0 Å². The molecule has 2 rings (SSSR count). The number of thioether (sulfide) groups is 1. The van der Waals surface area contributed by atoms with Crippen LogP contribution in [0.15, 0.2) is 6.07 Å². The van der Waals surface area contributed by atoms with Crippen molar-refractivity contribution < 1.29 is 14.7 Å². The van der Waals surface area contributed by atoms with Crippen molar-refractivity contribution in [2.45, 2.75) is 24.5 Å². The third-order valence-electron chi connectivity index (χ3n) is 3.23. The van der Waals surface area contributed by atoms with Crippen LogP contribution in [0.25, 0.3) is 0 Å². The van der Waals surface area contributed by atoms with Gasteiger partial charge in [-0.05, 0) is 32.1 Å². The summed E-state index contributed by atoms with van der Waals surface area (Å²) in [6, 6.07) is 1.23. The quantitative estimate of drug-likeness (QED) is 0.665. The molecule has 1 aliphatic rings. The molecule has 6 nitrogen and oxygen atoms in total. The Labute approximate surface area is 115 Å². The predicted octanol–water partition coefficient (Wildman–Crippen LogP) is 2.04. The van der Waals surface area contributed by atoms with Crippen LogP contribution in [-0.2, 0) is 0 Å². The van der Waals surface area contributed by atoms with Gasteiger partial charge in [0.05, 0.1) is 5.69 Å². The number of aryl methyl sites for hydroxylation is 1. The third-order valence-corrected chi connectivity index (χ3v) is 4.64. The lowest BCUT2D eigenvalue weighted by Gasteiger charge is -2.13. The Morgan fingerprint density at radius 1 is 1.53 bits per heavy atom. The number of hydrogen-bond acceptors (Lipinski definition) is 3. The molecule has 0 atom stereocenters. The topological polar surface area (TPSA) is 94.2 Å². The van der Waals surface area contributed by atoms with E-state index in [-0.39, 0.29) is 22.2 Å². The van der Waals surface area contributed by atoms with Crippen molar-refractivity contribution in [3.63, 3.8) is 0 Å². The number of carboxylic acids is 1. The number of urea groups is 1. The van der Waals surface area contributed by atoms with Crippen LogP contribution in [0.5, 0.6) is 0 Å². The highest BCUT2D eigenvalue weighted by molar-refractivity contribution is 8.00. The zero-order chi connectivity index (χ0) is 14.0. The van der Waals surface area contributed by atoms with Crippen molar-refractivity contribution >= 4 is 29.4 Å². The molecule has 1 fully saturated rings. The van der Waals surface area contributed by atoms with Crippen LogP contribution in [0.2, 0.25) is 0 Å². The number of aromatic carboxylic acids is 1. The number of amides is 2. The Morgan fingerprint density at radius 2 is 2.21 bits per heavy atom. The molecular formula is C12H17N3O3S. The van der Waals surface area contributed by atoms with Crippen molar-refractivity contribution in [2.24, 2.45) is 0 Å². The molecule has 0 aromatic carbocycles. The summed E-state index contributed by atoms with van der Waals surface area (Å²) in [7, 11) is 0. The second-order valence-corrected chi connectivity index (χ2v) is 6.02. The van der Waals surface area contributed by atoms with E-state index in [0.29, 0.717) is 12.2 Å². The number of H-pyrrole nitrogens is 1. The molecule has 0 saturated heterocycles. The summed E-state index contributed by atoms with van der Waals surface area (Å²) in [5.74, 6) is -1.09. The molecule has 1 aliphatic carbocycles. The lowest BCUT2D eigenvalue weighted by molar-refractivity contribution is 0.0692. The molecule has 0 aliphatic heterocycles. The summed E-state index contributed by atoms with van der Waals surface area (Å²) in [6.07, 6.45) is 4.25. The summed E-state index contributed by atoms with van der Waals surface area (Å²) in [5, 5.41) is 14.3. The van der Waals surface area contributed by atoms with Gasteiger partial charge in [0, 0.05) is 17.0 Å². The minimum absolute atomic E-state index is 0.00125. The van der Waals surface area contributed by atoms with E-state index >= 15 is 0 Å². The van der Waals surface area contributed by atoms with Crippen molar-refractivity contribution in [3.8, 4) is 0 Å². The van der Waals surface area contributed by atoms with Crippen molar-refractivity contribution in [2.75, 3.05) is 18.1 Å². The molecule has 2 amide bonds. The highest BCUT2D eigenvalue weighted by Crippen LogP contribution is 2.46. The SMILES string of the molecule is CSC1(CNC(=O)Nc2cc(C)[nH]c2C(=O)O)CC1. The van der Waals surface area contributed by atoms with Crippen LogP contribution in [0.4, 0.5) is 10.5 Å². The average molecular weight is 283 g/mol. The summed E-state index contributed by atoms with van der Waals surface area (Å²) in [5.41, 5.74) is 0.977. The lowest BCUT2D eigenvalue weighted by Crippen LogP contribution is -2.35. The Bertz CT molecular complexity index is 508. The first-order chi connectivity index (χ1) is 8.96. The minimum atomic E-state index is -1.09. The lowest BCUT2D eigenvalue weighted by atomic mass is 10.3. The normalized spacial score (nSPS) is 15.9. The Hall–Kier alpha value is -1.63. The molecule has 104 valence electrons. The van der Waals surface area contributed by atoms with E-state index < -0.39 is 5.97 Å². The molecule has 1 aromatic heterocycles. The fourth-order valence-electron chi connectivity index (χ4n) is 1.86. The molecule has 0 spiro atoms. The van der Waals surface area contributed by atoms with Gasteiger partial charge >= 0.3 is 12.0 Å². The first-order valence-corrected chi connectivity index (χ1v) is 7.21. The monoisotopic (exact) mass is 283 g/mol. The van der Waals surface area contributed by atoms with Crippen LogP contribution in [0.3, 0.4) is 0 Å². The maximum absolute atomic E-state index is 11.7. The molecule has 0 bridgehead atoms. The second kappa shape index (κ2) is 5.16. The molecule has 19 heavy (non-hydrogen) atoms. The molecule has 0 unspecified atom stereocenters. The van der Waals surface area contributed by atoms with E-state index in [1.165, 1.54) is 0 Å². The molecule has 0 radical (unpaired) electrons. The molecule has 7 heteroatoms. The number of aromatic nitrogens is 1. The molecule has 1 heterocycles. The maximum Gasteiger partial charge on any atom is 0.354 e. The number of hydrogen-bond donors (Lipinski definition) is 4. The van der Waals surface area contributed by atoms with Crippen molar-refractivity contribution in [3.05, 3.63) is 17.5 Å². The minimum Gasteiger partial charge on any atom is -0.477 e. The van der Waals surface area contributed by atoms with Crippen LogP contribution in [0, 0.1) is 6.92 Å². The number of carboxylic acid groups (broad SMARTS) is 1. The number of carbonyl (C=O) groups is 2. The van der Waals surface area contributed by atoms with Crippen LogP contribution in [0.1, 0.15) is 29.0 Å². The van der Waals surface area contributed by atoms with Gasteiger partial charge < -0.3 is 20.7 Å². The van der Waals surface area contributed by atoms with E-state index in [4.69, 9.17) is 5.11 Å². The Balaban J connectivity index is 1.93. The largest absolute Gasteiger partial charge is 0.477 e. The summed E-state index contributed by atoms with van der Waals surface area (Å²) >= 11 is 1.76. The van der Waals surface area contributed by atoms with Crippen LogP contribution in [-0.4, -0.2) is 39.6 Å². The average Bonchev–Trinajstić information content (AvgIpc) is 3.05. The van der Waals surface area contributed by atoms with Crippen LogP contribution >= 0.6 is 11.8 Å². The zero-order valence-corrected chi connectivity index (χ0v) is 11.7. The second-order valence-electron chi connectivity index (χ2n) is 4.74. The Kier molecular flexibility index (Phi) is 3.75. The number of aromatic amines is 1. The highest BCUT2D eigenvalue weighted by atomic mass is 32.2. The Morgan fingerprint density at radius 3 is 2.74 bits per heavy atom. The molecule has 4 N–H and O–H groups in total. The van der Waals surface area contributed by atoms with E-state index in [0.717, 1.165) is 12.8 Å². The van der Waals surface area contributed by atoms with Gasteiger partial charge in [0.25, 0.3) is 0 Å². The first kappa shape index (κ1) is 13.8. The first-order valence-electron chi connectivity index (χ1n) is 5.99. The fourth-order valence-corrected chi connectivity index (χ4v) is 2.58. The summed E-state index contributed by atoms with van der Waals surface area (Å²) < 4.78 is 0.182. The predicted molar refractivity (Wildman–Crippen MR) is 75.0 cm³/mol. The van der Waals surface area contributed by atoms with Gasteiger partial charge in [0.2, 0.25) is 0 Å². The van der Waals surface area contributed by atoms with Gasteiger partial charge in [-0.1, -0.05) is 0 Å². The smallest absolute Gasteiger partial charge is 0.354 e. The van der Waals surface area contributed by atoms with Gasteiger partial charge in [-0.3, -0.25) is 0 Å². The van der Waals surface area contributed by atoms with Gasteiger partial charge in [0.1, 0.15) is 5.69 Å². The van der Waals surface area contributed by atoms with E-state index in [2.05, 4.69) is 15.6 Å². The number of nitrogens with one attached hydrogen (secondary N) is 3. The molecule has 1 aromatic rings. The standard InChI is InChI=1S/C12H17N3O3S/c1-7-5-8(9(14-7)10(16)17)15-11(18)13-6-12(19-2)3-4-12/h5,14H,3-4,6H2,1-2H3,(H,16,17)(H2,13,15,18). The van der Waals surface area contributed by atoms with Gasteiger partial charge in [-0.2, -0.15) is 11.8 Å². The summed E-state index contributed by atoms with van der Waals surface area (Å²) in [4.78, 5) is 25.4. The maximum atomic E-state index is 11.7. The van der Waals surface area contributed by atoms with E-state index in [1.807, 2.05) is 6.26 Å². The number of carbonyl (C=O) groups excluding carboxylic acids is 1. The van der Waals surface area contributed by atoms with Gasteiger partial charge in [-0.25, -0.2) is 9.59 Å². The highest BCUT2D eigenvalue weighted by Gasteiger charge is 2.41. The van der Waals surface area contributed by atoms with E-state index in [9.17, 15) is 9.59 Å². The summed E-state index contributed by atoms with van der Waals surface area (Å²) in [6.45, 7) is 2.34. The molecular weight excluding hydrogens is 266 g/mol.